The molecule has 0 N–H and O–H groups in total. The van der Waals surface area contributed by atoms with E-state index in [2.05, 4.69) is 0 Å². The Labute approximate surface area is 111 Å². The number of nitrogens with zero attached hydrogens (tertiary/aromatic N) is 1. The van der Waals surface area contributed by atoms with E-state index in [4.69, 9.17) is 9.47 Å². The topological polar surface area (TPSA) is 55.8 Å². The zero-order valence-corrected chi connectivity index (χ0v) is 10.7. The van der Waals surface area contributed by atoms with Crippen LogP contribution in [0.5, 0.6) is 11.5 Å². The van der Waals surface area contributed by atoms with Crippen LogP contribution in [0.25, 0.3) is 0 Å². The summed E-state index contributed by atoms with van der Waals surface area (Å²) in [6.07, 6.45) is 0.279. The summed E-state index contributed by atoms with van der Waals surface area (Å²) < 4.78 is 11.4. The molecule has 2 aliphatic rings. The number of ether oxygens (including phenoxy) is 2. The Morgan fingerprint density at radius 3 is 2.47 bits per heavy atom. The summed E-state index contributed by atoms with van der Waals surface area (Å²) in [5.74, 6) is 1.11. The average Bonchev–Trinajstić information content (AvgIpc) is 2.77. The predicted molar refractivity (Wildman–Crippen MR) is 66.9 cm³/mol. The number of imide groups is 1. The molecule has 0 spiro atoms. The van der Waals surface area contributed by atoms with Crippen molar-refractivity contribution >= 4 is 11.8 Å². The molecule has 5 heteroatoms. The number of hydrogen-bond donors (Lipinski definition) is 0. The van der Waals surface area contributed by atoms with E-state index in [-0.39, 0.29) is 24.0 Å². The maximum Gasteiger partial charge on any atom is 0.230 e. The first kappa shape index (κ1) is 12.0. The van der Waals surface area contributed by atoms with E-state index in [0.717, 1.165) is 0 Å². The summed E-state index contributed by atoms with van der Waals surface area (Å²) >= 11 is 0. The van der Waals surface area contributed by atoms with Gasteiger partial charge in [0.15, 0.2) is 17.6 Å². The maximum atomic E-state index is 11.7. The lowest BCUT2D eigenvalue weighted by molar-refractivity contribution is -0.143. The number of benzene rings is 1. The van der Waals surface area contributed by atoms with Crippen molar-refractivity contribution in [2.75, 3.05) is 6.61 Å². The van der Waals surface area contributed by atoms with Crippen LogP contribution >= 0.6 is 0 Å². The molecule has 19 heavy (non-hydrogen) atoms. The van der Waals surface area contributed by atoms with Crippen LogP contribution in [0.1, 0.15) is 19.8 Å². The minimum absolute atomic E-state index is 0.125. The van der Waals surface area contributed by atoms with Gasteiger partial charge in [0.25, 0.3) is 0 Å². The second-order valence-corrected chi connectivity index (χ2v) is 4.81. The SMILES string of the molecule is C[C@H]([C@@H]1COc2ccccc2O1)N1C(=O)CCC1=O. The van der Waals surface area contributed by atoms with Crippen molar-refractivity contribution in [1.82, 2.24) is 4.90 Å². The fourth-order valence-corrected chi connectivity index (χ4v) is 2.49. The van der Waals surface area contributed by atoms with Crippen LogP contribution in [0, 0.1) is 0 Å². The van der Waals surface area contributed by atoms with E-state index in [1.165, 1.54) is 4.90 Å². The number of carbonyl (C=O) groups excluding carboxylic acids is 2. The lowest BCUT2D eigenvalue weighted by atomic mass is 10.1. The molecule has 100 valence electrons. The van der Waals surface area contributed by atoms with E-state index >= 15 is 0 Å². The second-order valence-electron chi connectivity index (χ2n) is 4.81. The standard InChI is InChI=1S/C14H15NO4/c1-9(15-13(16)6-7-14(15)17)12-8-18-10-4-2-3-5-11(10)19-12/h2-5,9,12H,6-8H2,1H3/t9-,12+/m1/s1. The molecule has 1 saturated heterocycles. The number of likely N-dealkylation sites (tertiary alicyclic amines) is 1. The Kier molecular flexibility index (Phi) is 2.89. The van der Waals surface area contributed by atoms with Crippen molar-refractivity contribution < 1.29 is 19.1 Å². The van der Waals surface area contributed by atoms with Crippen molar-refractivity contribution in [3.05, 3.63) is 24.3 Å². The van der Waals surface area contributed by atoms with Gasteiger partial charge in [0, 0.05) is 12.8 Å². The molecule has 0 unspecified atom stereocenters. The molecule has 3 rings (SSSR count). The van der Waals surface area contributed by atoms with Gasteiger partial charge in [-0.1, -0.05) is 12.1 Å². The molecular weight excluding hydrogens is 246 g/mol. The lowest BCUT2D eigenvalue weighted by Gasteiger charge is -2.34. The van der Waals surface area contributed by atoms with Gasteiger partial charge >= 0.3 is 0 Å². The number of carbonyl (C=O) groups is 2. The van der Waals surface area contributed by atoms with E-state index in [1.54, 1.807) is 0 Å². The number of hydrogen-bond acceptors (Lipinski definition) is 4. The van der Waals surface area contributed by atoms with E-state index in [9.17, 15) is 9.59 Å². The Morgan fingerprint density at radius 2 is 1.79 bits per heavy atom. The van der Waals surface area contributed by atoms with E-state index in [0.29, 0.717) is 30.9 Å². The molecule has 5 nitrogen and oxygen atoms in total. The van der Waals surface area contributed by atoms with Crippen LogP contribution in [0.3, 0.4) is 0 Å². The van der Waals surface area contributed by atoms with Gasteiger partial charge in [0.1, 0.15) is 6.61 Å². The minimum Gasteiger partial charge on any atom is -0.486 e. The van der Waals surface area contributed by atoms with Gasteiger partial charge in [0.2, 0.25) is 11.8 Å². The van der Waals surface area contributed by atoms with Crippen molar-refractivity contribution in [3.63, 3.8) is 0 Å². The summed E-state index contributed by atoms with van der Waals surface area (Å²) in [4.78, 5) is 24.8. The molecule has 1 aromatic carbocycles. The molecule has 2 heterocycles. The monoisotopic (exact) mass is 261 g/mol. The third-order valence-electron chi connectivity index (χ3n) is 3.57. The quantitative estimate of drug-likeness (QED) is 0.754. The first-order valence-corrected chi connectivity index (χ1v) is 6.40. The van der Waals surface area contributed by atoms with Crippen LogP contribution < -0.4 is 9.47 Å². The van der Waals surface area contributed by atoms with Gasteiger partial charge in [-0.3, -0.25) is 14.5 Å². The number of rotatable bonds is 2. The summed E-state index contributed by atoms with van der Waals surface area (Å²) in [7, 11) is 0. The van der Waals surface area contributed by atoms with Crippen LogP contribution in [0.15, 0.2) is 24.3 Å². The molecule has 2 atom stereocenters. The van der Waals surface area contributed by atoms with Gasteiger partial charge in [0.05, 0.1) is 6.04 Å². The molecule has 0 bridgehead atoms. The molecular formula is C14H15NO4. The Morgan fingerprint density at radius 1 is 1.16 bits per heavy atom. The smallest absolute Gasteiger partial charge is 0.230 e. The highest BCUT2D eigenvalue weighted by Gasteiger charge is 2.39. The number of amides is 2. The first-order valence-electron chi connectivity index (χ1n) is 6.40. The van der Waals surface area contributed by atoms with Crippen molar-refractivity contribution in [2.24, 2.45) is 0 Å². The van der Waals surface area contributed by atoms with E-state index < -0.39 is 0 Å². The first-order chi connectivity index (χ1) is 9.16. The van der Waals surface area contributed by atoms with Gasteiger partial charge in [-0.25, -0.2) is 0 Å². The normalized spacial score (nSPS) is 23.6. The Bertz CT molecular complexity index is 512. The largest absolute Gasteiger partial charge is 0.486 e. The third kappa shape index (κ3) is 2.05. The third-order valence-corrected chi connectivity index (χ3v) is 3.57. The molecule has 0 radical (unpaired) electrons. The summed E-state index contributed by atoms with van der Waals surface area (Å²) in [5, 5.41) is 0. The number of fused-ring (bicyclic) bond motifs is 1. The predicted octanol–water partition coefficient (Wildman–Crippen LogP) is 1.36. The van der Waals surface area contributed by atoms with Crippen molar-refractivity contribution in [2.45, 2.75) is 31.9 Å². The molecule has 0 aromatic heterocycles. The highest BCUT2D eigenvalue weighted by atomic mass is 16.6. The summed E-state index contributed by atoms with van der Waals surface area (Å²) in [6.45, 7) is 2.16. The molecule has 2 aliphatic heterocycles. The highest BCUT2D eigenvalue weighted by Crippen LogP contribution is 2.32. The minimum atomic E-state index is -0.319. The molecule has 2 amide bonds. The fourth-order valence-electron chi connectivity index (χ4n) is 2.49. The van der Waals surface area contributed by atoms with Crippen LogP contribution in [0.4, 0.5) is 0 Å². The summed E-state index contributed by atoms with van der Waals surface area (Å²) in [5.41, 5.74) is 0. The van der Waals surface area contributed by atoms with E-state index in [1.807, 2.05) is 31.2 Å². The summed E-state index contributed by atoms with van der Waals surface area (Å²) in [6, 6.07) is 7.08. The molecule has 0 aliphatic carbocycles. The fraction of sp³-hybridized carbons (Fsp3) is 0.429. The van der Waals surface area contributed by atoms with Gasteiger partial charge in [-0.2, -0.15) is 0 Å². The Balaban J connectivity index is 1.77. The lowest BCUT2D eigenvalue weighted by Crippen LogP contribution is -2.50. The molecule has 0 saturated carbocycles. The molecule has 1 aromatic rings. The zero-order valence-electron chi connectivity index (χ0n) is 10.7. The maximum absolute atomic E-state index is 11.7. The number of para-hydroxylation sites is 2. The van der Waals surface area contributed by atoms with Crippen LogP contribution in [-0.2, 0) is 9.59 Å². The Hall–Kier alpha value is -2.04. The zero-order chi connectivity index (χ0) is 13.4. The average molecular weight is 261 g/mol. The van der Waals surface area contributed by atoms with Crippen molar-refractivity contribution in [3.8, 4) is 11.5 Å². The highest BCUT2D eigenvalue weighted by molar-refractivity contribution is 6.02. The van der Waals surface area contributed by atoms with Gasteiger partial charge in [-0.05, 0) is 19.1 Å². The van der Waals surface area contributed by atoms with Gasteiger partial charge < -0.3 is 9.47 Å². The van der Waals surface area contributed by atoms with Crippen LogP contribution in [-0.4, -0.2) is 35.5 Å². The van der Waals surface area contributed by atoms with Crippen molar-refractivity contribution in [1.29, 1.82) is 0 Å². The second kappa shape index (κ2) is 4.57. The van der Waals surface area contributed by atoms with Gasteiger partial charge in [-0.15, -0.1) is 0 Å². The molecule has 1 fully saturated rings. The van der Waals surface area contributed by atoms with Crippen LogP contribution in [0.2, 0.25) is 0 Å².